The molecule has 5 nitrogen and oxygen atoms in total. The molecule has 1 aliphatic rings. The number of nitrogens with zero attached hydrogens (tertiary/aromatic N) is 3. The number of likely N-dealkylation sites (tertiary alicyclic amines) is 1. The van der Waals surface area contributed by atoms with Gasteiger partial charge in [-0.15, -0.1) is 11.3 Å². The number of carbonyl (C=O) groups excluding carboxylic acids is 1. The zero-order valence-electron chi connectivity index (χ0n) is 13.9. The first-order valence-electron chi connectivity index (χ1n) is 8.22. The minimum Gasteiger partial charge on any atom is -0.338 e. The highest BCUT2D eigenvalue weighted by molar-refractivity contribution is 7.13. The van der Waals surface area contributed by atoms with Crippen molar-refractivity contribution in [3.8, 4) is 10.8 Å². The summed E-state index contributed by atoms with van der Waals surface area (Å²) in [7, 11) is 0. The van der Waals surface area contributed by atoms with Gasteiger partial charge in [-0.05, 0) is 23.1 Å². The minimum absolute atomic E-state index is 0.0754. The summed E-state index contributed by atoms with van der Waals surface area (Å²) in [5.74, 6) is 0.263. The van der Waals surface area contributed by atoms with E-state index in [1.807, 2.05) is 17.5 Å². The zero-order chi connectivity index (χ0) is 19.0. The molecule has 1 saturated heterocycles. The minimum atomic E-state index is -4.46. The highest BCUT2D eigenvalue weighted by atomic mass is 32.1. The first-order valence-corrected chi connectivity index (χ1v) is 9.10. The van der Waals surface area contributed by atoms with Crippen LogP contribution < -0.4 is 0 Å². The maximum absolute atomic E-state index is 13.2. The van der Waals surface area contributed by atoms with Crippen molar-refractivity contribution in [3.63, 3.8) is 0 Å². The summed E-state index contributed by atoms with van der Waals surface area (Å²) in [6.45, 7) is 0.162. The lowest BCUT2D eigenvalue weighted by Crippen LogP contribution is -2.26. The first-order chi connectivity index (χ1) is 12.9. The Kier molecular flexibility index (Phi) is 4.47. The zero-order valence-corrected chi connectivity index (χ0v) is 14.8. The fourth-order valence-corrected chi connectivity index (χ4v) is 3.78. The van der Waals surface area contributed by atoms with Crippen LogP contribution >= 0.6 is 11.3 Å². The van der Waals surface area contributed by atoms with Crippen LogP contribution in [0.3, 0.4) is 0 Å². The topological polar surface area (TPSA) is 59.2 Å². The number of hydrogen-bond acceptors (Lipinski definition) is 5. The second-order valence-electron chi connectivity index (χ2n) is 6.27. The quantitative estimate of drug-likeness (QED) is 0.662. The van der Waals surface area contributed by atoms with Crippen LogP contribution in [0.25, 0.3) is 10.8 Å². The standard InChI is InChI=1S/C18H14F3N3O2S/c19-18(20,21)13-5-2-1-4-11(13)9-24-10-12(8-15(24)25)16-22-17(26-23-16)14-6-3-7-27-14/h1-7,12H,8-10H2. The number of halogens is 3. The third-order valence-electron chi connectivity index (χ3n) is 4.44. The van der Waals surface area contributed by atoms with E-state index in [9.17, 15) is 18.0 Å². The van der Waals surface area contributed by atoms with Gasteiger partial charge in [0.05, 0.1) is 10.4 Å². The summed E-state index contributed by atoms with van der Waals surface area (Å²) in [5.41, 5.74) is -0.646. The summed E-state index contributed by atoms with van der Waals surface area (Å²) in [4.78, 5) is 18.9. The van der Waals surface area contributed by atoms with Gasteiger partial charge in [0.25, 0.3) is 5.89 Å². The lowest BCUT2D eigenvalue weighted by atomic mass is 10.1. The summed E-state index contributed by atoms with van der Waals surface area (Å²) in [6, 6.07) is 9.01. The van der Waals surface area contributed by atoms with E-state index in [4.69, 9.17) is 4.52 Å². The molecule has 0 spiro atoms. The van der Waals surface area contributed by atoms with E-state index in [-0.39, 0.29) is 36.9 Å². The number of hydrogen-bond donors (Lipinski definition) is 0. The van der Waals surface area contributed by atoms with Gasteiger partial charge in [0.1, 0.15) is 0 Å². The molecule has 2 aromatic heterocycles. The molecule has 4 rings (SSSR count). The van der Waals surface area contributed by atoms with Crippen molar-refractivity contribution in [2.45, 2.75) is 25.1 Å². The van der Waals surface area contributed by atoms with Gasteiger partial charge in [-0.1, -0.05) is 29.4 Å². The molecule has 0 aliphatic carbocycles. The van der Waals surface area contributed by atoms with E-state index in [2.05, 4.69) is 10.1 Å². The van der Waals surface area contributed by atoms with E-state index in [0.717, 1.165) is 10.9 Å². The van der Waals surface area contributed by atoms with Gasteiger partial charge < -0.3 is 9.42 Å². The maximum Gasteiger partial charge on any atom is 0.416 e. The van der Waals surface area contributed by atoms with Crippen molar-refractivity contribution in [2.24, 2.45) is 0 Å². The third kappa shape index (κ3) is 3.59. The van der Waals surface area contributed by atoms with Gasteiger partial charge in [0, 0.05) is 25.4 Å². The predicted molar refractivity (Wildman–Crippen MR) is 91.8 cm³/mol. The Balaban J connectivity index is 1.51. The molecular weight excluding hydrogens is 379 g/mol. The molecular formula is C18H14F3N3O2S. The molecule has 0 bridgehead atoms. The SMILES string of the molecule is O=C1CC(c2noc(-c3cccs3)n2)CN1Cc1ccccc1C(F)(F)F. The molecule has 1 unspecified atom stereocenters. The van der Waals surface area contributed by atoms with Crippen LogP contribution in [-0.4, -0.2) is 27.5 Å². The average molecular weight is 393 g/mol. The van der Waals surface area contributed by atoms with E-state index in [1.54, 1.807) is 0 Å². The molecule has 9 heteroatoms. The van der Waals surface area contributed by atoms with Crippen molar-refractivity contribution in [1.82, 2.24) is 15.0 Å². The van der Waals surface area contributed by atoms with Crippen molar-refractivity contribution in [1.29, 1.82) is 0 Å². The van der Waals surface area contributed by atoms with Crippen LogP contribution in [0.15, 0.2) is 46.3 Å². The first kappa shape index (κ1) is 17.7. The van der Waals surface area contributed by atoms with Crippen LogP contribution in [0, 0.1) is 0 Å². The van der Waals surface area contributed by atoms with Crippen molar-refractivity contribution in [2.75, 3.05) is 6.54 Å². The third-order valence-corrected chi connectivity index (χ3v) is 5.30. The van der Waals surface area contributed by atoms with Crippen molar-refractivity contribution >= 4 is 17.2 Å². The van der Waals surface area contributed by atoms with Gasteiger partial charge in [-0.25, -0.2) is 0 Å². The van der Waals surface area contributed by atoms with Crippen LogP contribution in [0.1, 0.15) is 29.3 Å². The predicted octanol–water partition coefficient (Wildman–Crippen LogP) is 4.33. The van der Waals surface area contributed by atoms with Crippen molar-refractivity contribution < 1.29 is 22.5 Å². The molecule has 3 aromatic rings. The molecule has 3 heterocycles. The van der Waals surface area contributed by atoms with Gasteiger partial charge >= 0.3 is 6.18 Å². The molecule has 0 radical (unpaired) electrons. The summed E-state index contributed by atoms with van der Waals surface area (Å²) in [6.07, 6.45) is -4.31. The largest absolute Gasteiger partial charge is 0.416 e. The van der Waals surface area contributed by atoms with E-state index in [1.165, 1.54) is 34.4 Å². The Morgan fingerprint density at radius 1 is 1.22 bits per heavy atom. The summed E-state index contributed by atoms with van der Waals surface area (Å²) < 4.78 is 44.7. The van der Waals surface area contributed by atoms with E-state index >= 15 is 0 Å². The molecule has 1 aromatic carbocycles. The second-order valence-corrected chi connectivity index (χ2v) is 7.21. The molecule has 1 fully saturated rings. The van der Waals surface area contributed by atoms with Crippen LogP contribution in [0.4, 0.5) is 13.2 Å². The summed E-state index contributed by atoms with van der Waals surface area (Å²) in [5, 5.41) is 5.84. The van der Waals surface area contributed by atoms with Crippen LogP contribution in [0.2, 0.25) is 0 Å². The Morgan fingerprint density at radius 2 is 2.04 bits per heavy atom. The number of alkyl halides is 3. The fourth-order valence-electron chi connectivity index (χ4n) is 3.14. The van der Waals surface area contributed by atoms with Gasteiger partial charge in [-0.2, -0.15) is 18.2 Å². The van der Waals surface area contributed by atoms with Gasteiger partial charge in [-0.3, -0.25) is 4.79 Å². The maximum atomic E-state index is 13.2. The molecule has 140 valence electrons. The number of carbonyl (C=O) groups is 1. The molecule has 1 amide bonds. The average Bonchev–Trinajstić information content (AvgIpc) is 3.35. The molecule has 1 aliphatic heterocycles. The lowest BCUT2D eigenvalue weighted by Gasteiger charge is -2.19. The Bertz CT molecular complexity index is 953. The monoisotopic (exact) mass is 393 g/mol. The Labute approximate surface area is 156 Å². The highest BCUT2D eigenvalue weighted by Crippen LogP contribution is 2.34. The van der Waals surface area contributed by atoms with E-state index < -0.39 is 11.7 Å². The number of thiophene rings is 1. The molecule has 0 N–H and O–H groups in total. The molecule has 1 atom stereocenters. The lowest BCUT2D eigenvalue weighted by molar-refractivity contribution is -0.139. The number of benzene rings is 1. The van der Waals surface area contributed by atoms with Crippen LogP contribution in [-0.2, 0) is 17.5 Å². The highest BCUT2D eigenvalue weighted by Gasteiger charge is 2.37. The fraction of sp³-hybridized carbons (Fsp3) is 0.278. The smallest absolute Gasteiger partial charge is 0.338 e. The van der Waals surface area contributed by atoms with Crippen LogP contribution in [0.5, 0.6) is 0 Å². The molecule has 0 saturated carbocycles. The normalized spacial score (nSPS) is 17.7. The summed E-state index contributed by atoms with van der Waals surface area (Å²) >= 11 is 1.46. The Morgan fingerprint density at radius 3 is 2.78 bits per heavy atom. The number of rotatable bonds is 4. The molecule has 27 heavy (non-hydrogen) atoms. The van der Waals surface area contributed by atoms with Gasteiger partial charge in [0.15, 0.2) is 5.82 Å². The second kappa shape index (κ2) is 6.80. The number of amides is 1. The van der Waals surface area contributed by atoms with E-state index in [0.29, 0.717) is 11.7 Å². The number of aromatic nitrogens is 2. The van der Waals surface area contributed by atoms with Gasteiger partial charge in [0.2, 0.25) is 5.91 Å². The van der Waals surface area contributed by atoms with Crippen molar-refractivity contribution in [3.05, 3.63) is 58.7 Å². The Hall–Kier alpha value is -2.68.